The van der Waals surface area contributed by atoms with E-state index in [1.54, 1.807) is 30.3 Å². The van der Waals surface area contributed by atoms with Gasteiger partial charge in [-0.1, -0.05) is 23.7 Å². The Morgan fingerprint density at radius 1 is 1.18 bits per heavy atom. The predicted octanol–water partition coefficient (Wildman–Crippen LogP) is 2.89. The van der Waals surface area contributed by atoms with Gasteiger partial charge in [0.15, 0.2) is 0 Å². The van der Waals surface area contributed by atoms with Gasteiger partial charge in [0, 0.05) is 5.02 Å². The number of esters is 1. The Balaban J connectivity index is 2.10. The summed E-state index contributed by atoms with van der Waals surface area (Å²) in [5.41, 5.74) is 7.70. The molecule has 2 rings (SSSR count). The Morgan fingerprint density at radius 3 is 2.50 bits per heavy atom. The second-order valence-electron chi connectivity index (χ2n) is 4.65. The summed E-state index contributed by atoms with van der Waals surface area (Å²) in [5, 5.41) is 3.30. The number of benzene rings is 2. The van der Waals surface area contributed by atoms with Crippen molar-refractivity contribution in [2.45, 2.75) is 6.42 Å². The molecule has 22 heavy (non-hydrogen) atoms. The number of carbonyl (C=O) groups is 2. The topological polar surface area (TPSA) is 81.4 Å². The molecule has 1 amide bonds. The van der Waals surface area contributed by atoms with Crippen LogP contribution in [0.5, 0.6) is 0 Å². The number of amides is 1. The van der Waals surface area contributed by atoms with Crippen LogP contribution < -0.4 is 11.1 Å². The second-order valence-corrected chi connectivity index (χ2v) is 5.08. The van der Waals surface area contributed by atoms with Crippen molar-refractivity contribution in [1.29, 1.82) is 0 Å². The summed E-state index contributed by atoms with van der Waals surface area (Å²) in [6.07, 6.45) is 0.180. The minimum absolute atomic E-state index is 0.180. The first-order valence-electron chi connectivity index (χ1n) is 6.51. The average Bonchev–Trinajstić information content (AvgIpc) is 2.51. The van der Waals surface area contributed by atoms with Crippen LogP contribution >= 0.6 is 11.6 Å². The lowest BCUT2D eigenvalue weighted by Crippen LogP contribution is -2.16. The van der Waals surface area contributed by atoms with Crippen LogP contribution in [-0.4, -0.2) is 19.0 Å². The molecule has 5 nitrogen and oxygen atoms in total. The van der Waals surface area contributed by atoms with Crippen LogP contribution in [-0.2, 0) is 16.0 Å². The number of nitrogens with two attached hydrogens (primary N) is 1. The highest BCUT2D eigenvalue weighted by atomic mass is 35.5. The highest BCUT2D eigenvalue weighted by molar-refractivity contribution is 6.30. The van der Waals surface area contributed by atoms with Gasteiger partial charge in [-0.3, -0.25) is 4.79 Å². The normalized spacial score (nSPS) is 10.1. The largest absolute Gasteiger partial charge is 0.465 e. The maximum Gasteiger partial charge on any atom is 0.337 e. The Labute approximate surface area is 133 Å². The molecule has 6 heteroatoms. The highest BCUT2D eigenvalue weighted by Gasteiger charge is 2.11. The number of hydrogen-bond acceptors (Lipinski definition) is 4. The van der Waals surface area contributed by atoms with E-state index in [0.29, 0.717) is 22.0 Å². The summed E-state index contributed by atoms with van der Waals surface area (Å²) in [5.74, 6) is -0.732. The molecule has 0 aliphatic heterocycles. The molecule has 2 aromatic carbocycles. The molecular formula is C16H15ClN2O3. The number of methoxy groups -OCH3 is 1. The summed E-state index contributed by atoms with van der Waals surface area (Å²) < 4.78 is 4.64. The van der Waals surface area contributed by atoms with E-state index in [4.69, 9.17) is 17.3 Å². The van der Waals surface area contributed by atoms with E-state index < -0.39 is 5.97 Å². The van der Waals surface area contributed by atoms with E-state index >= 15 is 0 Å². The lowest BCUT2D eigenvalue weighted by molar-refractivity contribution is -0.115. The van der Waals surface area contributed by atoms with Gasteiger partial charge >= 0.3 is 5.97 Å². The van der Waals surface area contributed by atoms with Gasteiger partial charge in [0.2, 0.25) is 5.91 Å². The number of nitrogens with one attached hydrogen (secondary N) is 1. The van der Waals surface area contributed by atoms with Crippen molar-refractivity contribution < 1.29 is 14.3 Å². The van der Waals surface area contributed by atoms with E-state index in [0.717, 1.165) is 5.56 Å². The van der Waals surface area contributed by atoms with E-state index in [1.807, 2.05) is 0 Å². The van der Waals surface area contributed by atoms with Crippen LogP contribution in [0.4, 0.5) is 11.4 Å². The van der Waals surface area contributed by atoms with Crippen molar-refractivity contribution in [3.05, 3.63) is 58.6 Å². The Bertz CT molecular complexity index is 699. The van der Waals surface area contributed by atoms with E-state index in [9.17, 15) is 9.59 Å². The maximum atomic E-state index is 12.1. The lowest BCUT2D eigenvalue weighted by atomic mass is 10.1. The van der Waals surface area contributed by atoms with Gasteiger partial charge in [-0.15, -0.1) is 0 Å². The first-order chi connectivity index (χ1) is 10.5. The molecule has 0 heterocycles. The third-order valence-corrected chi connectivity index (χ3v) is 3.28. The van der Waals surface area contributed by atoms with Gasteiger partial charge in [-0.25, -0.2) is 4.79 Å². The quantitative estimate of drug-likeness (QED) is 0.671. The van der Waals surface area contributed by atoms with E-state index in [1.165, 1.54) is 19.2 Å². The SMILES string of the molecule is COC(=O)c1ccc(N)c(NC(=O)Cc2ccc(Cl)cc2)c1. The number of rotatable bonds is 4. The summed E-state index contributed by atoms with van der Waals surface area (Å²) in [6, 6.07) is 11.6. The molecule has 0 aliphatic rings. The molecular weight excluding hydrogens is 304 g/mol. The zero-order valence-electron chi connectivity index (χ0n) is 11.9. The Hall–Kier alpha value is -2.53. The molecule has 114 valence electrons. The van der Waals surface area contributed by atoms with Crippen molar-refractivity contribution >= 4 is 34.9 Å². The summed E-state index contributed by atoms with van der Waals surface area (Å²) in [4.78, 5) is 23.6. The van der Waals surface area contributed by atoms with E-state index in [2.05, 4.69) is 10.1 Å². The van der Waals surface area contributed by atoms with Gasteiger partial charge in [0.25, 0.3) is 0 Å². The number of ether oxygens (including phenoxy) is 1. The minimum atomic E-state index is -0.492. The zero-order chi connectivity index (χ0) is 16.1. The van der Waals surface area contributed by atoms with Crippen molar-refractivity contribution in [3.63, 3.8) is 0 Å². The van der Waals surface area contributed by atoms with Gasteiger partial charge in [-0.05, 0) is 35.9 Å². The van der Waals surface area contributed by atoms with Gasteiger partial charge in [-0.2, -0.15) is 0 Å². The average molecular weight is 319 g/mol. The Morgan fingerprint density at radius 2 is 1.86 bits per heavy atom. The maximum absolute atomic E-state index is 12.1. The third-order valence-electron chi connectivity index (χ3n) is 3.03. The van der Waals surface area contributed by atoms with Crippen molar-refractivity contribution in [2.75, 3.05) is 18.2 Å². The van der Waals surface area contributed by atoms with E-state index in [-0.39, 0.29) is 12.3 Å². The fraction of sp³-hybridized carbons (Fsp3) is 0.125. The van der Waals surface area contributed by atoms with Gasteiger partial charge in [0.1, 0.15) is 0 Å². The van der Waals surface area contributed by atoms with Crippen LogP contribution in [0.15, 0.2) is 42.5 Å². The number of anilines is 2. The third kappa shape index (κ3) is 3.99. The molecule has 0 radical (unpaired) electrons. The van der Waals surface area contributed by atoms with Crippen molar-refractivity contribution in [3.8, 4) is 0 Å². The standard InChI is InChI=1S/C16H15ClN2O3/c1-22-16(21)11-4-7-13(18)14(9-11)19-15(20)8-10-2-5-12(17)6-3-10/h2-7,9H,8,18H2,1H3,(H,19,20). The molecule has 0 fully saturated rings. The summed E-state index contributed by atoms with van der Waals surface area (Å²) >= 11 is 5.80. The van der Waals surface area contributed by atoms with Crippen LogP contribution in [0.3, 0.4) is 0 Å². The van der Waals surface area contributed by atoms with Crippen molar-refractivity contribution in [1.82, 2.24) is 0 Å². The van der Waals surface area contributed by atoms with Gasteiger partial charge < -0.3 is 15.8 Å². The Kier molecular flexibility index (Phi) is 5.01. The molecule has 0 spiro atoms. The molecule has 0 bridgehead atoms. The van der Waals surface area contributed by atoms with Crippen LogP contribution in [0.1, 0.15) is 15.9 Å². The number of carbonyl (C=O) groups excluding carboxylic acids is 2. The smallest absolute Gasteiger partial charge is 0.337 e. The number of hydrogen-bond donors (Lipinski definition) is 2. The molecule has 0 atom stereocenters. The summed E-state index contributed by atoms with van der Waals surface area (Å²) in [7, 11) is 1.29. The molecule has 0 aromatic heterocycles. The summed E-state index contributed by atoms with van der Waals surface area (Å²) in [6.45, 7) is 0. The first-order valence-corrected chi connectivity index (χ1v) is 6.89. The monoisotopic (exact) mass is 318 g/mol. The van der Waals surface area contributed by atoms with Crippen LogP contribution in [0, 0.1) is 0 Å². The molecule has 0 saturated carbocycles. The zero-order valence-corrected chi connectivity index (χ0v) is 12.7. The first kappa shape index (κ1) is 15.9. The minimum Gasteiger partial charge on any atom is -0.465 e. The molecule has 2 aromatic rings. The van der Waals surface area contributed by atoms with Gasteiger partial charge in [0.05, 0.1) is 30.5 Å². The molecule has 0 aliphatic carbocycles. The second kappa shape index (κ2) is 6.95. The fourth-order valence-electron chi connectivity index (χ4n) is 1.89. The van der Waals surface area contributed by atoms with Crippen molar-refractivity contribution in [2.24, 2.45) is 0 Å². The predicted molar refractivity (Wildman–Crippen MR) is 86.0 cm³/mol. The fourth-order valence-corrected chi connectivity index (χ4v) is 2.02. The van der Waals surface area contributed by atoms with Crippen LogP contribution in [0.25, 0.3) is 0 Å². The molecule has 0 unspecified atom stereocenters. The number of halogens is 1. The molecule has 3 N–H and O–H groups in total. The number of nitrogen functional groups attached to an aromatic ring is 1. The van der Waals surface area contributed by atoms with Crippen LogP contribution in [0.2, 0.25) is 5.02 Å². The highest BCUT2D eigenvalue weighted by Crippen LogP contribution is 2.21. The molecule has 0 saturated heterocycles. The lowest BCUT2D eigenvalue weighted by Gasteiger charge is -2.10.